The van der Waals surface area contributed by atoms with Crippen LogP contribution in [0.15, 0.2) is 47.3 Å². The Labute approximate surface area is 160 Å². The molecule has 2 aromatic rings. The minimum Gasteiger partial charge on any atom is -0.338 e. The van der Waals surface area contributed by atoms with Gasteiger partial charge in [-0.2, -0.15) is 0 Å². The van der Waals surface area contributed by atoms with E-state index in [2.05, 4.69) is 47.3 Å². The summed E-state index contributed by atoms with van der Waals surface area (Å²) >= 11 is 0. The van der Waals surface area contributed by atoms with Crippen LogP contribution in [0.5, 0.6) is 0 Å². The van der Waals surface area contributed by atoms with E-state index in [0.717, 1.165) is 31.5 Å². The number of carbonyl (C=O) groups is 1. The monoisotopic (exact) mass is 365 g/mol. The van der Waals surface area contributed by atoms with E-state index in [4.69, 9.17) is 0 Å². The second-order valence-electron chi connectivity index (χ2n) is 8.09. The Morgan fingerprint density at radius 2 is 1.81 bits per heavy atom. The molecule has 2 aliphatic heterocycles. The van der Waals surface area contributed by atoms with Crippen LogP contribution >= 0.6 is 0 Å². The molecule has 3 heterocycles. The molecule has 5 nitrogen and oxygen atoms in total. The molecule has 1 aromatic carbocycles. The zero-order valence-electron chi connectivity index (χ0n) is 16.1. The molecule has 0 radical (unpaired) electrons. The van der Waals surface area contributed by atoms with E-state index in [1.807, 2.05) is 11.8 Å². The van der Waals surface area contributed by atoms with Crippen LogP contribution in [-0.2, 0) is 0 Å². The molecule has 5 heteroatoms. The molecule has 1 amide bonds. The smallest absolute Gasteiger partial charge is 0.260 e. The summed E-state index contributed by atoms with van der Waals surface area (Å²) in [7, 11) is 2.21. The van der Waals surface area contributed by atoms with Crippen molar-refractivity contribution in [2.45, 2.75) is 37.6 Å². The lowest BCUT2D eigenvalue weighted by atomic mass is 9.81. The fourth-order valence-corrected chi connectivity index (χ4v) is 4.77. The molecule has 1 N–H and O–H groups in total. The van der Waals surface area contributed by atoms with Gasteiger partial charge in [-0.1, -0.05) is 30.3 Å². The van der Waals surface area contributed by atoms with Crippen molar-refractivity contribution >= 4 is 5.91 Å². The first-order chi connectivity index (χ1) is 13.0. The lowest BCUT2D eigenvalue weighted by Crippen LogP contribution is -2.52. The quantitative estimate of drug-likeness (QED) is 0.890. The minimum atomic E-state index is -0.289. The number of aryl methyl sites for hydroxylation is 1. The van der Waals surface area contributed by atoms with Crippen LogP contribution in [0.3, 0.4) is 0 Å². The molecule has 1 aromatic heterocycles. The van der Waals surface area contributed by atoms with Crippen molar-refractivity contribution < 1.29 is 4.79 Å². The Hall–Kier alpha value is -2.40. The number of aromatic amines is 1. The Kier molecular flexibility index (Phi) is 4.64. The van der Waals surface area contributed by atoms with Crippen molar-refractivity contribution in [2.24, 2.45) is 0 Å². The van der Waals surface area contributed by atoms with Gasteiger partial charge in [-0.3, -0.25) is 14.5 Å². The summed E-state index contributed by atoms with van der Waals surface area (Å²) in [4.78, 5) is 32.0. The van der Waals surface area contributed by atoms with Crippen molar-refractivity contribution in [2.75, 3.05) is 26.7 Å². The van der Waals surface area contributed by atoms with Crippen LogP contribution in [0.2, 0.25) is 0 Å². The van der Waals surface area contributed by atoms with Gasteiger partial charge >= 0.3 is 0 Å². The SMILES string of the molecule is Cc1ccc(C(=O)N2CCC3(CC2)CC(c2ccccc2)CN3C)c(=O)[nH]1. The number of benzene rings is 1. The van der Waals surface area contributed by atoms with Crippen LogP contribution in [0.1, 0.15) is 46.8 Å². The molecule has 0 saturated carbocycles. The normalized spacial score (nSPS) is 22.3. The number of nitrogens with one attached hydrogen (secondary N) is 1. The largest absolute Gasteiger partial charge is 0.338 e. The van der Waals surface area contributed by atoms with Crippen molar-refractivity contribution in [3.63, 3.8) is 0 Å². The third kappa shape index (κ3) is 3.32. The maximum absolute atomic E-state index is 12.8. The topological polar surface area (TPSA) is 56.4 Å². The van der Waals surface area contributed by atoms with E-state index in [0.29, 0.717) is 19.0 Å². The molecule has 1 unspecified atom stereocenters. The molecule has 4 rings (SSSR count). The van der Waals surface area contributed by atoms with Crippen molar-refractivity contribution in [1.82, 2.24) is 14.8 Å². The van der Waals surface area contributed by atoms with Crippen molar-refractivity contribution in [1.29, 1.82) is 0 Å². The van der Waals surface area contributed by atoms with E-state index in [-0.39, 0.29) is 22.6 Å². The van der Waals surface area contributed by atoms with Gasteiger partial charge in [0.25, 0.3) is 11.5 Å². The Morgan fingerprint density at radius 3 is 2.48 bits per heavy atom. The Morgan fingerprint density at radius 1 is 1.11 bits per heavy atom. The highest BCUT2D eigenvalue weighted by atomic mass is 16.2. The number of pyridine rings is 1. The van der Waals surface area contributed by atoms with Crippen molar-refractivity contribution in [3.8, 4) is 0 Å². The van der Waals surface area contributed by atoms with E-state index in [1.165, 1.54) is 5.56 Å². The number of aromatic nitrogens is 1. The van der Waals surface area contributed by atoms with Crippen LogP contribution in [0.4, 0.5) is 0 Å². The van der Waals surface area contributed by atoms with E-state index in [9.17, 15) is 9.59 Å². The highest BCUT2D eigenvalue weighted by Gasteiger charge is 2.46. The van der Waals surface area contributed by atoms with Gasteiger partial charge in [0.05, 0.1) is 0 Å². The maximum Gasteiger partial charge on any atom is 0.260 e. The van der Waals surface area contributed by atoms with Gasteiger partial charge in [-0.05, 0) is 56.8 Å². The van der Waals surface area contributed by atoms with Crippen LogP contribution in [0, 0.1) is 6.92 Å². The second-order valence-corrected chi connectivity index (χ2v) is 8.09. The summed E-state index contributed by atoms with van der Waals surface area (Å²) in [5.41, 5.74) is 2.30. The minimum absolute atomic E-state index is 0.147. The number of rotatable bonds is 2. The fourth-order valence-electron chi connectivity index (χ4n) is 4.77. The van der Waals surface area contributed by atoms with Gasteiger partial charge in [0.2, 0.25) is 0 Å². The van der Waals surface area contributed by atoms with Crippen molar-refractivity contribution in [3.05, 3.63) is 69.6 Å². The number of hydrogen-bond acceptors (Lipinski definition) is 3. The first kappa shape index (κ1) is 18.0. The number of H-pyrrole nitrogens is 1. The number of amides is 1. The van der Waals surface area contributed by atoms with E-state index in [1.54, 1.807) is 12.1 Å². The Balaban J connectivity index is 1.45. The average Bonchev–Trinajstić information content (AvgIpc) is 2.99. The third-order valence-electron chi connectivity index (χ3n) is 6.47. The number of piperidine rings is 1. The zero-order chi connectivity index (χ0) is 19.0. The molecule has 0 bridgehead atoms. The summed E-state index contributed by atoms with van der Waals surface area (Å²) < 4.78 is 0. The van der Waals surface area contributed by atoms with Gasteiger partial charge in [-0.15, -0.1) is 0 Å². The van der Waals surface area contributed by atoms with Gasteiger partial charge in [0.1, 0.15) is 5.56 Å². The number of likely N-dealkylation sites (tertiary alicyclic amines) is 2. The predicted octanol–water partition coefficient (Wildman–Crippen LogP) is 2.78. The van der Waals surface area contributed by atoms with Crippen LogP contribution in [0.25, 0.3) is 0 Å². The number of hydrogen-bond donors (Lipinski definition) is 1. The first-order valence-corrected chi connectivity index (χ1v) is 9.74. The number of likely N-dealkylation sites (N-methyl/N-ethyl adjacent to an activating group) is 1. The van der Waals surface area contributed by atoms with Crippen LogP contribution in [-0.4, -0.2) is 52.9 Å². The molecule has 27 heavy (non-hydrogen) atoms. The summed E-state index contributed by atoms with van der Waals surface area (Å²) in [5, 5.41) is 0. The summed E-state index contributed by atoms with van der Waals surface area (Å²) in [6, 6.07) is 14.2. The molecule has 1 spiro atoms. The molecular weight excluding hydrogens is 338 g/mol. The Bertz CT molecular complexity index is 882. The highest BCUT2D eigenvalue weighted by Crippen LogP contribution is 2.44. The average molecular weight is 365 g/mol. The molecule has 2 aliphatic rings. The molecule has 2 fully saturated rings. The summed E-state index contributed by atoms with van der Waals surface area (Å²) in [6.07, 6.45) is 3.06. The fraction of sp³-hybridized carbons (Fsp3) is 0.455. The van der Waals surface area contributed by atoms with Crippen LogP contribution < -0.4 is 5.56 Å². The highest BCUT2D eigenvalue weighted by molar-refractivity contribution is 5.93. The predicted molar refractivity (Wildman–Crippen MR) is 106 cm³/mol. The molecule has 2 saturated heterocycles. The van der Waals surface area contributed by atoms with Gasteiger partial charge in [-0.25, -0.2) is 0 Å². The molecular formula is C22H27N3O2. The lowest BCUT2D eigenvalue weighted by molar-refractivity contribution is 0.0490. The maximum atomic E-state index is 12.8. The lowest BCUT2D eigenvalue weighted by Gasteiger charge is -2.43. The van der Waals surface area contributed by atoms with E-state index < -0.39 is 0 Å². The molecule has 142 valence electrons. The van der Waals surface area contributed by atoms with Gasteiger partial charge < -0.3 is 9.88 Å². The van der Waals surface area contributed by atoms with Gasteiger partial charge in [0.15, 0.2) is 0 Å². The number of nitrogens with zero attached hydrogens (tertiary/aromatic N) is 2. The molecule has 0 aliphatic carbocycles. The number of carbonyl (C=O) groups excluding carboxylic acids is 1. The first-order valence-electron chi connectivity index (χ1n) is 9.74. The molecule has 1 atom stereocenters. The van der Waals surface area contributed by atoms with E-state index >= 15 is 0 Å². The third-order valence-corrected chi connectivity index (χ3v) is 6.47. The standard InChI is InChI=1S/C22H27N3O2/c1-16-8-9-19(20(26)23-16)21(27)25-12-10-22(11-13-25)14-18(15-24(22)2)17-6-4-3-5-7-17/h3-9,18H,10-15H2,1-2H3,(H,23,26). The van der Waals surface area contributed by atoms with Gasteiger partial charge in [0, 0.05) is 30.9 Å². The summed E-state index contributed by atoms with van der Waals surface area (Å²) in [6.45, 7) is 4.30. The zero-order valence-corrected chi connectivity index (χ0v) is 16.1. The second kappa shape index (κ2) is 6.97. The summed E-state index contributed by atoms with van der Waals surface area (Å²) in [5.74, 6) is 0.407.